The Morgan fingerprint density at radius 1 is 1.21 bits per heavy atom. The zero-order valence-corrected chi connectivity index (χ0v) is 9.03. The summed E-state index contributed by atoms with van der Waals surface area (Å²) in [5.74, 6) is 0. The van der Waals surface area contributed by atoms with Crippen LogP contribution in [0.3, 0.4) is 0 Å². The summed E-state index contributed by atoms with van der Waals surface area (Å²) in [6.07, 6.45) is 0. The molecule has 0 unspecified atom stereocenters. The van der Waals surface area contributed by atoms with Crippen LogP contribution in [0, 0.1) is 0 Å². The van der Waals surface area contributed by atoms with E-state index in [1.807, 2.05) is 30.3 Å². The first-order valence-electron chi connectivity index (χ1n) is 4.58. The smallest absolute Gasteiger partial charge is 0.0622 e. The largest absolute Gasteiger partial charge is 0.217 e. The Hall–Kier alpha value is -1.29. The third-order valence-electron chi connectivity index (χ3n) is 1.89. The molecule has 3 nitrogen and oxygen atoms in total. The highest BCUT2D eigenvalue weighted by Crippen LogP contribution is 2.17. The number of hydrogen-bond donors (Lipinski definition) is 0. The van der Waals surface area contributed by atoms with Gasteiger partial charge in [-0.3, -0.25) is 0 Å². The first-order chi connectivity index (χ1) is 6.77. The molecule has 0 saturated carbocycles. The lowest BCUT2D eigenvalue weighted by Crippen LogP contribution is -2.40. The van der Waals surface area contributed by atoms with E-state index in [1.165, 1.54) is 11.5 Å². The second kappa shape index (κ2) is 3.84. The van der Waals surface area contributed by atoms with Crippen molar-refractivity contribution < 1.29 is 4.80 Å². The molecule has 0 fully saturated rings. The Morgan fingerprint density at radius 3 is 2.50 bits per heavy atom. The van der Waals surface area contributed by atoms with Crippen LogP contribution in [-0.4, -0.2) is 9.59 Å². The van der Waals surface area contributed by atoms with Crippen LogP contribution in [0.25, 0.3) is 10.6 Å². The van der Waals surface area contributed by atoms with E-state index in [4.69, 9.17) is 0 Å². The fraction of sp³-hybridized carbons (Fsp3) is 0.300. The minimum Gasteiger partial charge on any atom is -0.0622 e. The fourth-order valence-electron chi connectivity index (χ4n) is 1.11. The van der Waals surface area contributed by atoms with Crippen LogP contribution in [0.1, 0.15) is 19.9 Å². The summed E-state index contributed by atoms with van der Waals surface area (Å²) in [6.45, 7) is 4.14. The number of aromatic nitrogens is 3. The molecule has 0 spiro atoms. The zero-order chi connectivity index (χ0) is 9.97. The average molecular weight is 206 g/mol. The minimum atomic E-state index is 0.323. The zero-order valence-electron chi connectivity index (χ0n) is 8.21. The van der Waals surface area contributed by atoms with Gasteiger partial charge in [-0.05, 0) is 0 Å². The Balaban J connectivity index is 2.34. The van der Waals surface area contributed by atoms with E-state index in [2.05, 4.69) is 23.4 Å². The topological polar surface area (TPSA) is 29.7 Å². The lowest BCUT2D eigenvalue weighted by Gasteiger charge is -1.89. The van der Waals surface area contributed by atoms with E-state index in [0.29, 0.717) is 6.04 Å². The standard InChI is InChI=1S/C10H12N3S/c1-8(2)13-11-10(14-12-13)9-6-4-3-5-7-9/h3-8H,1-2H3/q+1. The van der Waals surface area contributed by atoms with Crippen LogP contribution in [0.15, 0.2) is 30.3 Å². The van der Waals surface area contributed by atoms with Crippen LogP contribution < -0.4 is 4.80 Å². The summed E-state index contributed by atoms with van der Waals surface area (Å²) in [7, 11) is 0. The van der Waals surface area contributed by atoms with E-state index in [9.17, 15) is 0 Å². The third-order valence-corrected chi connectivity index (χ3v) is 2.63. The van der Waals surface area contributed by atoms with Gasteiger partial charge in [-0.2, -0.15) is 0 Å². The molecule has 2 aromatic rings. The SMILES string of the molecule is CC(C)[n+]1nsc(-c2ccccc2)n1. The molecule has 1 aromatic heterocycles. The summed E-state index contributed by atoms with van der Waals surface area (Å²) < 4.78 is 4.24. The van der Waals surface area contributed by atoms with Crippen LogP contribution in [0.5, 0.6) is 0 Å². The molecule has 0 N–H and O–H groups in total. The summed E-state index contributed by atoms with van der Waals surface area (Å²) in [5.41, 5.74) is 1.13. The monoisotopic (exact) mass is 206 g/mol. The van der Waals surface area contributed by atoms with Crippen molar-refractivity contribution >= 4 is 11.5 Å². The second-order valence-corrected chi connectivity index (χ2v) is 4.09. The Bertz CT molecular complexity index is 408. The van der Waals surface area contributed by atoms with Crippen molar-refractivity contribution in [1.82, 2.24) is 9.59 Å². The van der Waals surface area contributed by atoms with Crippen LogP contribution in [0.4, 0.5) is 0 Å². The molecule has 0 aliphatic rings. The second-order valence-electron chi connectivity index (χ2n) is 3.36. The Kier molecular flexibility index (Phi) is 2.54. The molecule has 1 aromatic carbocycles. The maximum absolute atomic E-state index is 4.40. The maximum atomic E-state index is 4.40. The highest BCUT2D eigenvalue weighted by atomic mass is 32.1. The average Bonchev–Trinajstić information content (AvgIpc) is 2.68. The van der Waals surface area contributed by atoms with Gasteiger partial charge in [-0.15, -0.1) is 0 Å². The molecule has 72 valence electrons. The van der Waals surface area contributed by atoms with Gasteiger partial charge in [-0.1, -0.05) is 30.3 Å². The minimum absolute atomic E-state index is 0.323. The molecular formula is C10H12N3S+. The third kappa shape index (κ3) is 1.80. The predicted octanol–water partition coefficient (Wildman–Crippen LogP) is 2.07. The van der Waals surface area contributed by atoms with E-state index < -0.39 is 0 Å². The quantitative estimate of drug-likeness (QED) is 0.704. The lowest BCUT2D eigenvalue weighted by atomic mass is 10.2. The van der Waals surface area contributed by atoms with Gasteiger partial charge in [0.1, 0.15) is 0 Å². The lowest BCUT2D eigenvalue weighted by molar-refractivity contribution is -0.815. The van der Waals surface area contributed by atoms with Crippen LogP contribution >= 0.6 is 11.5 Å². The molecule has 14 heavy (non-hydrogen) atoms. The van der Waals surface area contributed by atoms with E-state index in [1.54, 1.807) is 4.80 Å². The molecular weight excluding hydrogens is 194 g/mol. The van der Waals surface area contributed by atoms with E-state index in [-0.39, 0.29) is 0 Å². The van der Waals surface area contributed by atoms with Crippen molar-refractivity contribution in [3.05, 3.63) is 30.3 Å². The Morgan fingerprint density at radius 2 is 1.93 bits per heavy atom. The van der Waals surface area contributed by atoms with Crippen molar-refractivity contribution in [3.63, 3.8) is 0 Å². The maximum Gasteiger partial charge on any atom is 0.217 e. The number of benzene rings is 1. The fourth-order valence-corrected chi connectivity index (χ4v) is 1.86. The highest BCUT2D eigenvalue weighted by Gasteiger charge is 2.16. The van der Waals surface area contributed by atoms with Crippen molar-refractivity contribution in [2.45, 2.75) is 19.9 Å². The number of rotatable bonds is 2. The predicted molar refractivity (Wildman–Crippen MR) is 55.9 cm³/mol. The molecule has 0 aliphatic heterocycles. The molecule has 0 saturated heterocycles. The first kappa shape index (κ1) is 9.27. The molecule has 0 radical (unpaired) electrons. The van der Waals surface area contributed by atoms with Gasteiger partial charge < -0.3 is 0 Å². The van der Waals surface area contributed by atoms with Gasteiger partial charge in [-0.25, -0.2) is 0 Å². The summed E-state index contributed by atoms with van der Waals surface area (Å²) in [5, 5.41) is 5.38. The molecule has 0 atom stereocenters. The van der Waals surface area contributed by atoms with Crippen molar-refractivity contribution in [2.75, 3.05) is 0 Å². The Labute approximate surface area is 87.2 Å². The van der Waals surface area contributed by atoms with Gasteiger partial charge >= 0.3 is 0 Å². The van der Waals surface area contributed by atoms with Crippen molar-refractivity contribution in [2.24, 2.45) is 0 Å². The van der Waals surface area contributed by atoms with Crippen molar-refractivity contribution in [1.29, 1.82) is 0 Å². The summed E-state index contributed by atoms with van der Waals surface area (Å²) >= 11 is 1.43. The highest BCUT2D eigenvalue weighted by molar-refractivity contribution is 7.08. The molecule has 0 amide bonds. The first-order valence-corrected chi connectivity index (χ1v) is 5.36. The summed E-state index contributed by atoms with van der Waals surface area (Å²) in [6, 6.07) is 10.4. The van der Waals surface area contributed by atoms with Gasteiger partial charge in [0.2, 0.25) is 11.0 Å². The normalized spacial score (nSPS) is 10.8. The van der Waals surface area contributed by atoms with Crippen LogP contribution in [0.2, 0.25) is 0 Å². The van der Waals surface area contributed by atoms with E-state index >= 15 is 0 Å². The molecule has 4 heteroatoms. The van der Waals surface area contributed by atoms with Gasteiger partial charge in [0, 0.05) is 29.3 Å². The molecule has 0 aliphatic carbocycles. The van der Waals surface area contributed by atoms with E-state index in [0.717, 1.165) is 10.6 Å². The summed E-state index contributed by atoms with van der Waals surface area (Å²) in [4.78, 5) is 1.74. The molecule has 0 bridgehead atoms. The van der Waals surface area contributed by atoms with Gasteiger partial charge in [0.15, 0.2) is 0 Å². The van der Waals surface area contributed by atoms with Crippen LogP contribution in [-0.2, 0) is 0 Å². The van der Waals surface area contributed by atoms with Gasteiger partial charge in [0.25, 0.3) is 0 Å². The number of nitrogens with zero attached hydrogens (tertiary/aromatic N) is 3. The van der Waals surface area contributed by atoms with Crippen molar-refractivity contribution in [3.8, 4) is 10.6 Å². The molecule has 1 heterocycles. The van der Waals surface area contributed by atoms with Gasteiger partial charge in [0.05, 0.1) is 16.0 Å². The molecule has 2 rings (SSSR count). The number of hydrogen-bond acceptors (Lipinski definition) is 3.